The normalized spacial score (nSPS) is 10.6. The van der Waals surface area contributed by atoms with Crippen molar-refractivity contribution in [1.82, 2.24) is 20.2 Å². The van der Waals surface area contributed by atoms with Crippen molar-refractivity contribution in [2.75, 3.05) is 19.0 Å². The molecule has 0 N–H and O–H groups in total. The Labute approximate surface area is 149 Å². The van der Waals surface area contributed by atoms with E-state index in [9.17, 15) is 4.39 Å². The Kier molecular flexibility index (Phi) is 5.84. The SMILES string of the molecule is CCOc1ccccc1-n1nnnc1SCCOc1ccc(F)cc1. The van der Waals surface area contributed by atoms with Crippen molar-refractivity contribution in [3.63, 3.8) is 0 Å². The topological polar surface area (TPSA) is 62.1 Å². The molecule has 0 bridgehead atoms. The van der Waals surface area contributed by atoms with Crippen LogP contribution in [0.1, 0.15) is 6.92 Å². The van der Waals surface area contributed by atoms with Crippen molar-refractivity contribution in [2.24, 2.45) is 0 Å². The zero-order valence-electron chi connectivity index (χ0n) is 13.6. The second-order valence-corrected chi connectivity index (χ2v) is 5.99. The first-order chi connectivity index (χ1) is 12.3. The highest BCUT2D eigenvalue weighted by Crippen LogP contribution is 2.25. The lowest BCUT2D eigenvalue weighted by atomic mass is 10.3. The molecule has 2 aromatic carbocycles. The first-order valence-electron chi connectivity index (χ1n) is 7.79. The van der Waals surface area contributed by atoms with Crippen LogP contribution in [0.3, 0.4) is 0 Å². The van der Waals surface area contributed by atoms with Gasteiger partial charge in [-0.1, -0.05) is 23.9 Å². The first kappa shape index (κ1) is 17.2. The van der Waals surface area contributed by atoms with Gasteiger partial charge in [-0.25, -0.2) is 4.39 Å². The van der Waals surface area contributed by atoms with Crippen molar-refractivity contribution < 1.29 is 13.9 Å². The first-order valence-corrected chi connectivity index (χ1v) is 8.78. The zero-order chi connectivity index (χ0) is 17.5. The van der Waals surface area contributed by atoms with Gasteiger partial charge >= 0.3 is 0 Å². The van der Waals surface area contributed by atoms with Crippen LogP contribution in [0.5, 0.6) is 11.5 Å². The average molecular weight is 360 g/mol. The molecule has 0 saturated heterocycles. The van der Waals surface area contributed by atoms with Gasteiger partial charge in [0.2, 0.25) is 5.16 Å². The standard InChI is InChI=1S/C17H17FN4O2S/c1-2-23-16-6-4-3-5-15(16)22-17(19-20-21-22)25-12-11-24-14-9-7-13(18)8-10-14/h3-10H,2,11-12H2,1H3. The van der Waals surface area contributed by atoms with Crippen molar-refractivity contribution >= 4 is 11.8 Å². The minimum atomic E-state index is -0.283. The molecular weight excluding hydrogens is 343 g/mol. The van der Waals surface area contributed by atoms with Crippen LogP contribution in [0.25, 0.3) is 5.69 Å². The number of tetrazole rings is 1. The Morgan fingerprint density at radius 2 is 1.88 bits per heavy atom. The Hall–Kier alpha value is -2.61. The summed E-state index contributed by atoms with van der Waals surface area (Å²) in [6, 6.07) is 13.5. The number of thioether (sulfide) groups is 1. The van der Waals surface area contributed by atoms with Gasteiger partial charge in [0.25, 0.3) is 0 Å². The third-order valence-electron chi connectivity index (χ3n) is 3.23. The summed E-state index contributed by atoms with van der Waals surface area (Å²) in [5.74, 6) is 1.72. The third kappa shape index (κ3) is 4.48. The molecule has 0 aliphatic rings. The molecule has 0 aliphatic heterocycles. The van der Waals surface area contributed by atoms with Gasteiger partial charge in [-0.05, 0) is 53.7 Å². The molecule has 0 aliphatic carbocycles. The monoisotopic (exact) mass is 360 g/mol. The lowest BCUT2D eigenvalue weighted by Crippen LogP contribution is -2.05. The summed E-state index contributed by atoms with van der Waals surface area (Å²) in [6.07, 6.45) is 0. The molecule has 0 saturated carbocycles. The van der Waals surface area contributed by atoms with E-state index in [-0.39, 0.29) is 5.82 Å². The van der Waals surface area contributed by atoms with Crippen LogP contribution in [-0.2, 0) is 0 Å². The van der Waals surface area contributed by atoms with Crippen molar-refractivity contribution in [2.45, 2.75) is 12.1 Å². The molecule has 0 atom stereocenters. The molecule has 3 aromatic rings. The number of aromatic nitrogens is 4. The lowest BCUT2D eigenvalue weighted by Gasteiger charge is -2.10. The smallest absolute Gasteiger partial charge is 0.214 e. The maximum Gasteiger partial charge on any atom is 0.214 e. The van der Waals surface area contributed by atoms with Gasteiger partial charge in [0.15, 0.2) is 0 Å². The number of hydrogen-bond acceptors (Lipinski definition) is 6. The van der Waals surface area contributed by atoms with Crippen LogP contribution in [0, 0.1) is 5.82 Å². The predicted octanol–water partition coefficient (Wildman–Crippen LogP) is 3.37. The van der Waals surface area contributed by atoms with Gasteiger partial charge in [0.05, 0.1) is 13.2 Å². The molecule has 1 heterocycles. The van der Waals surface area contributed by atoms with E-state index in [1.54, 1.807) is 16.8 Å². The number of para-hydroxylation sites is 2. The fraction of sp³-hybridized carbons (Fsp3) is 0.235. The predicted molar refractivity (Wildman–Crippen MR) is 92.9 cm³/mol. The molecule has 0 spiro atoms. The maximum atomic E-state index is 12.9. The van der Waals surface area contributed by atoms with E-state index in [4.69, 9.17) is 9.47 Å². The zero-order valence-corrected chi connectivity index (χ0v) is 14.4. The Balaban J connectivity index is 1.61. The molecule has 3 rings (SSSR count). The van der Waals surface area contributed by atoms with Crippen LogP contribution in [0.4, 0.5) is 4.39 Å². The Bertz CT molecular complexity index is 810. The fourth-order valence-corrected chi connectivity index (χ4v) is 2.85. The van der Waals surface area contributed by atoms with E-state index < -0.39 is 0 Å². The molecule has 25 heavy (non-hydrogen) atoms. The highest BCUT2D eigenvalue weighted by Gasteiger charge is 2.13. The fourth-order valence-electron chi connectivity index (χ4n) is 2.15. The van der Waals surface area contributed by atoms with Crippen molar-refractivity contribution in [3.05, 3.63) is 54.3 Å². The van der Waals surface area contributed by atoms with Crippen LogP contribution in [-0.4, -0.2) is 39.2 Å². The number of ether oxygens (including phenoxy) is 2. The summed E-state index contributed by atoms with van der Waals surface area (Å²) < 4.78 is 25.7. The van der Waals surface area contributed by atoms with Crippen LogP contribution >= 0.6 is 11.8 Å². The molecule has 0 amide bonds. The number of hydrogen-bond donors (Lipinski definition) is 0. The van der Waals surface area contributed by atoms with Gasteiger partial charge in [0, 0.05) is 5.75 Å². The quantitative estimate of drug-likeness (QED) is 0.453. The van der Waals surface area contributed by atoms with E-state index in [2.05, 4.69) is 15.5 Å². The van der Waals surface area contributed by atoms with E-state index in [0.717, 1.165) is 11.4 Å². The van der Waals surface area contributed by atoms with E-state index in [0.29, 0.717) is 29.9 Å². The van der Waals surface area contributed by atoms with Crippen LogP contribution in [0.2, 0.25) is 0 Å². The minimum absolute atomic E-state index is 0.283. The Morgan fingerprint density at radius 1 is 1.08 bits per heavy atom. The van der Waals surface area contributed by atoms with Crippen LogP contribution in [0.15, 0.2) is 53.7 Å². The van der Waals surface area contributed by atoms with Crippen molar-refractivity contribution in [3.8, 4) is 17.2 Å². The van der Waals surface area contributed by atoms with E-state index in [1.807, 2.05) is 31.2 Å². The molecule has 1 aromatic heterocycles. The minimum Gasteiger partial charge on any atom is -0.493 e. The summed E-state index contributed by atoms with van der Waals surface area (Å²) >= 11 is 1.47. The highest BCUT2D eigenvalue weighted by molar-refractivity contribution is 7.99. The molecule has 130 valence electrons. The summed E-state index contributed by atoms with van der Waals surface area (Å²) in [4.78, 5) is 0. The third-order valence-corrected chi connectivity index (χ3v) is 4.11. The number of nitrogens with zero attached hydrogens (tertiary/aromatic N) is 4. The summed E-state index contributed by atoms with van der Waals surface area (Å²) in [7, 11) is 0. The number of halogens is 1. The summed E-state index contributed by atoms with van der Waals surface area (Å²) in [5.41, 5.74) is 0.788. The largest absolute Gasteiger partial charge is 0.493 e. The maximum absolute atomic E-state index is 12.9. The number of rotatable bonds is 8. The van der Waals surface area contributed by atoms with Gasteiger partial charge in [-0.3, -0.25) is 0 Å². The average Bonchev–Trinajstić information content (AvgIpc) is 3.09. The molecule has 0 unspecified atom stereocenters. The highest BCUT2D eigenvalue weighted by atomic mass is 32.2. The summed E-state index contributed by atoms with van der Waals surface area (Å²) in [6.45, 7) is 2.95. The van der Waals surface area contributed by atoms with E-state index >= 15 is 0 Å². The molecular formula is C17H17FN4O2S. The van der Waals surface area contributed by atoms with Gasteiger partial charge in [-0.2, -0.15) is 4.68 Å². The van der Waals surface area contributed by atoms with E-state index in [1.165, 1.54) is 23.9 Å². The van der Waals surface area contributed by atoms with Gasteiger partial charge in [0.1, 0.15) is 23.0 Å². The molecule has 0 fully saturated rings. The van der Waals surface area contributed by atoms with Crippen molar-refractivity contribution in [1.29, 1.82) is 0 Å². The Morgan fingerprint density at radius 3 is 2.68 bits per heavy atom. The summed E-state index contributed by atoms with van der Waals surface area (Å²) in [5, 5.41) is 12.5. The molecule has 0 radical (unpaired) electrons. The molecule has 8 heteroatoms. The second kappa shape index (κ2) is 8.48. The van der Waals surface area contributed by atoms with Crippen LogP contribution < -0.4 is 9.47 Å². The number of benzene rings is 2. The second-order valence-electron chi connectivity index (χ2n) is 4.92. The lowest BCUT2D eigenvalue weighted by molar-refractivity contribution is 0.337. The van der Waals surface area contributed by atoms with Gasteiger partial charge in [-0.15, -0.1) is 5.10 Å². The van der Waals surface area contributed by atoms with Gasteiger partial charge < -0.3 is 9.47 Å². The molecule has 6 nitrogen and oxygen atoms in total.